The summed E-state index contributed by atoms with van der Waals surface area (Å²) < 4.78 is 24.5. The molecule has 4 aromatic rings. The molecular formula is C33H29Cl2FN4O4. The van der Waals surface area contributed by atoms with Crippen molar-refractivity contribution < 1.29 is 23.8 Å². The summed E-state index contributed by atoms with van der Waals surface area (Å²) in [7, 11) is 0. The molecule has 2 N–H and O–H groups in total. The number of carbonyl (C=O) groups excluding carboxylic acids is 1. The number of anilines is 1. The van der Waals surface area contributed by atoms with E-state index in [1.165, 1.54) is 18.2 Å². The van der Waals surface area contributed by atoms with Crippen molar-refractivity contribution in [2.75, 3.05) is 11.9 Å². The first-order chi connectivity index (χ1) is 21.1. The molecule has 3 aromatic carbocycles. The van der Waals surface area contributed by atoms with Crippen molar-refractivity contribution in [1.29, 1.82) is 0 Å². The van der Waals surface area contributed by atoms with Gasteiger partial charge in [-0.15, -0.1) is 0 Å². The van der Waals surface area contributed by atoms with Crippen LogP contribution in [0.15, 0.2) is 54.6 Å². The highest BCUT2D eigenvalue weighted by Crippen LogP contribution is 2.64. The molecule has 6 atom stereocenters. The number of benzene rings is 3. The van der Waals surface area contributed by atoms with E-state index in [-0.39, 0.29) is 35.2 Å². The molecule has 8 nitrogen and oxygen atoms in total. The number of ether oxygens (including phenoxy) is 1. The van der Waals surface area contributed by atoms with Gasteiger partial charge < -0.3 is 15.2 Å². The highest BCUT2D eigenvalue weighted by Gasteiger charge is 2.70. The molecule has 8 rings (SSSR count). The smallest absolute Gasteiger partial charge is 0.335 e. The number of amides is 1. The Kier molecular flexibility index (Phi) is 6.12. The number of aromatic carboxylic acids is 1. The fourth-order valence-electron chi connectivity index (χ4n) is 8.49. The summed E-state index contributed by atoms with van der Waals surface area (Å²) in [4.78, 5) is 28.8. The fourth-order valence-corrected chi connectivity index (χ4v) is 8.85. The second-order valence-electron chi connectivity index (χ2n) is 12.7. The number of carbonyl (C=O) groups is 2. The van der Waals surface area contributed by atoms with Crippen LogP contribution in [0.2, 0.25) is 10.0 Å². The van der Waals surface area contributed by atoms with Gasteiger partial charge in [-0.05, 0) is 66.6 Å². The fraction of sp³-hybridized carbons (Fsp3) is 0.364. The highest BCUT2D eigenvalue weighted by molar-refractivity contribution is 6.31. The molecule has 1 aromatic heterocycles. The lowest BCUT2D eigenvalue weighted by atomic mass is 9.73. The van der Waals surface area contributed by atoms with E-state index in [1.807, 2.05) is 6.07 Å². The lowest BCUT2D eigenvalue weighted by Gasteiger charge is -2.43. The van der Waals surface area contributed by atoms with Gasteiger partial charge in [-0.1, -0.05) is 55.2 Å². The maximum absolute atomic E-state index is 16.3. The number of likely N-dealkylation sites (tertiary alicyclic amines) is 1. The second kappa shape index (κ2) is 9.67. The Balaban J connectivity index is 1.45. The van der Waals surface area contributed by atoms with Crippen molar-refractivity contribution in [1.82, 2.24) is 14.7 Å². The Labute approximate surface area is 262 Å². The minimum atomic E-state index is -1.33. The van der Waals surface area contributed by atoms with Crippen LogP contribution in [-0.2, 0) is 10.3 Å². The van der Waals surface area contributed by atoms with Gasteiger partial charge in [0.05, 0.1) is 33.6 Å². The van der Waals surface area contributed by atoms with Crippen LogP contribution in [-0.4, -0.2) is 50.4 Å². The topological polar surface area (TPSA) is 96.7 Å². The lowest BCUT2D eigenvalue weighted by Crippen LogP contribution is -2.57. The van der Waals surface area contributed by atoms with Crippen molar-refractivity contribution >= 4 is 51.7 Å². The predicted octanol–water partition coefficient (Wildman–Crippen LogP) is 6.86. The summed E-state index contributed by atoms with van der Waals surface area (Å²) >= 11 is 12.8. The number of hydrogen-bond donors (Lipinski definition) is 2. The number of halogens is 3. The van der Waals surface area contributed by atoms with Gasteiger partial charge in [-0.3, -0.25) is 9.69 Å². The monoisotopic (exact) mass is 634 g/mol. The maximum atomic E-state index is 16.3. The molecule has 0 bridgehead atoms. The summed E-state index contributed by atoms with van der Waals surface area (Å²) in [5.41, 5.74) is 0.848. The number of carboxylic acids is 1. The second-order valence-corrected chi connectivity index (χ2v) is 13.5. The average Bonchev–Trinajstić information content (AvgIpc) is 3.69. The van der Waals surface area contributed by atoms with Crippen LogP contribution in [0.4, 0.5) is 10.1 Å². The van der Waals surface area contributed by atoms with Gasteiger partial charge in [0.15, 0.2) is 0 Å². The Morgan fingerprint density at radius 3 is 2.64 bits per heavy atom. The molecular weight excluding hydrogens is 606 g/mol. The maximum Gasteiger partial charge on any atom is 0.335 e. The largest absolute Gasteiger partial charge is 0.478 e. The summed E-state index contributed by atoms with van der Waals surface area (Å²) in [6, 6.07) is 14.1. The molecule has 1 saturated heterocycles. The number of nitrogens with zero attached hydrogens (tertiary/aromatic N) is 3. The average molecular weight is 636 g/mol. The van der Waals surface area contributed by atoms with E-state index >= 15 is 4.39 Å². The first-order valence-corrected chi connectivity index (χ1v) is 15.6. The van der Waals surface area contributed by atoms with Gasteiger partial charge in [-0.25, -0.2) is 13.9 Å². The van der Waals surface area contributed by atoms with Crippen LogP contribution >= 0.6 is 23.2 Å². The number of fused-ring (bicyclic) bond motifs is 7. The zero-order valence-electron chi connectivity index (χ0n) is 23.9. The SMILES string of the molecule is C[C@H]1CC(N2[C@H]3COc4c5ccc(C(=O)O)cc5nn4[C@H]3[C@H](c3cccc(Cl)c3F)[C@]23C(=O)Nc2cc(Cl)ccc23)C[C@@H]1C. The van der Waals surface area contributed by atoms with Crippen LogP contribution in [0, 0.1) is 17.7 Å². The van der Waals surface area contributed by atoms with Crippen molar-refractivity contribution in [3.63, 3.8) is 0 Å². The van der Waals surface area contributed by atoms with E-state index in [9.17, 15) is 14.7 Å². The lowest BCUT2D eigenvalue weighted by molar-refractivity contribution is -0.130. The third-order valence-corrected chi connectivity index (χ3v) is 11.0. The van der Waals surface area contributed by atoms with Crippen LogP contribution < -0.4 is 10.1 Å². The van der Waals surface area contributed by atoms with Gasteiger partial charge in [0.1, 0.15) is 18.0 Å². The molecule has 1 aliphatic carbocycles. The van der Waals surface area contributed by atoms with Gasteiger partial charge in [0.2, 0.25) is 11.8 Å². The minimum absolute atomic E-state index is 0.000801. The molecule has 1 saturated carbocycles. The Hall–Kier alpha value is -3.66. The molecule has 0 radical (unpaired) electrons. The van der Waals surface area contributed by atoms with Gasteiger partial charge >= 0.3 is 5.97 Å². The molecule has 226 valence electrons. The van der Waals surface area contributed by atoms with Gasteiger partial charge in [-0.2, -0.15) is 5.10 Å². The molecule has 0 unspecified atom stereocenters. The number of aromatic nitrogens is 2. The third kappa shape index (κ3) is 3.63. The molecule has 1 amide bonds. The van der Waals surface area contributed by atoms with Crippen molar-refractivity contribution in [3.05, 3.63) is 87.2 Å². The predicted molar refractivity (Wildman–Crippen MR) is 164 cm³/mol. The Morgan fingerprint density at radius 2 is 1.89 bits per heavy atom. The van der Waals surface area contributed by atoms with Gasteiger partial charge in [0, 0.05) is 28.2 Å². The molecule has 4 heterocycles. The van der Waals surface area contributed by atoms with E-state index in [0.717, 1.165) is 18.4 Å². The van der Waals surface area contributed by atoms with E-state index in [2.05, 4.69) is 24.1 Å². The number of nitrogens with one attached hydrogen (secondary N) is 1. The molecule has 11 heteroatoms. The molecule has 1 spiro atoms. The van der Waals surface area contributed by atoms with Gasteiger partial charge in [0.25, 0.3) is 0 Å². The standard InChI is InChI=1S/C33H29Cl2FN4O4/c1-15-10-19(11-16(15)2)39-26-14-44-30-20-8-6-17(31(41)42)12-24(20)38-40(30)29(26)27(21-4-3-5-23(35)28(21)36)33(39)22-9-7-18(34)13-25(22)37-32(33)43/h3-9,12-13,15-16,19,26-27,29H,10-11,14H2,1-2H3,(H,37,43)(H,41,42)/t15-,16-,26-,27-,29+,33+/m0/s1. The van der Waals surface area contributed by atoms with Crippen LogP contribution in [0.25, 0.3) is 10.9 Å². The van der Waals surface area contributed by atoms with Crippen LogP contribution in [0.5, 0.6) is 5.88 Å². The van der Waals surface area contributed by atoms with Crippen molar-refractivity contribution in [2.24, 2.45) is 11.8 Å². The van der Waals surface area contributed by atoms with Crippen molar-refractivity contribution in [2.45, 2.75) is 56.3 Å². The molecule has 2 fully saturated rings. The quantitative estimate of drug-likeness (QED) is 0.255. The van der Waals surface area contributed by atoms with Crippen LogP contribution in [0.3, 0.4) is 0 Å². The highest BCUT2D eigenvalue weighted by atomic mass is 35.5. The van der Waals surface area contributed by atoms with E-state index in [1.54, 1.807) is 35.0 Å². The van der Waals surface area contributed by atoms with E-state index < -0.39 is 29.3 Å². The first kappa shape index (κ1) is 27.9. The summed E-state index contributed by atoms with van der Waals surface area (Å²) in [5, 5.41) is 18.7. The van der Waals surface area contributed by atoms with Crippen molar-refractivity contribution in [3.8, 4) is 5.88 Å². The number of carboxylic acid groups (broad SMARTS) is 1. The van der Waals surface area contributed by atoms with E-state index in [4.69, 9.17) is 33.0 Å². The number of rotatable bonds is 3. The minimum Gasteiger partial charge on any atom is -0.478 e. The molecule has 4 aliphatic rings. The van der Waals surface area contributed by atoms with E-state index in [0.29, 0.717) is 44.9 Å². The normalized spacial score (nSPS) is 29.5. The Morgan fingerprint density at radius 1 is 1.11 bits per heavy atom. The molecule has 44 heavy (non-hydrogen) atoms. The van der Waals surface area contributed by atoms with Crippen LogP contribution in [0.1, 0.15) is 60.1 Å². The third-order valence-electron chi connectivity index (χ3n) is 10.5. The summed E-state index contributed by atoms with van der Waals surface area (Å²) in [5.74, 6) is -1.36. The zero-order chi connectivity index (χ0) is 30.7. The summed E-state index contributed by atoms with van der Waals surface area (Å²) in [6.45, 7) is 4.70. The Bertz CT molecular complexity index is 1890. The zero-order valence-corrected chi connectivity index (χ0v) is 25.4. The molecule has 3 aliphatic heterocycles. The first-order valence-electron chi connectivity index (χ1n) is 14.8. The number of hydrogen-bond acceptors (Lipinski definition) is 5. The summed E-state index contributed by atoms with van der Waals surface area (Å²) in [6.07, 6.45) is 1.73.